The van der Waals surface area contributed by atoms with Crippen LogP contribution in [-0.2, 0) is 0 Å². The van der Waals surface area contributed by atoms with E-state index in [1.54, 1.807) is 11.3 Å². The third-order valence-corrected chi connectivity index (χ3v) is 11.4. The Balaban J connectivity index is 1.15. The lowest BCUT2D eigenvalue weighted by Crippen LogP contribution is -2.16. The van der Waals surface area contributed by atoms with E-state index in [4.69, 9.17) is 19.7 Å². The van der Waals surface area contributed by atoms with Gasteiger partial charge in [-0.3, -0.25) is 0 Å². The molecule has 2 unspecified atom stereocenters. The molecule has 0 N–H and O–H groups in total. The predicted octanol–water partition coefficient (Wildman–Crippen LogP) is 11.7. The van der Waals surface area contributed by atoms with Gasteiger partial charge >= 0.3 is 0 Å². The Bertz CT molecular complexity index is 2930. The maximum absolute atomic E-state index is 6.40. The Labute approximate surface area is 291 Å². The minimum atomic E-state index is -0.0316. The molecule has 0 amide bonds. The Morgan fingerprint density at radius 1 is 0.500 bits per heavy atom. The molecule has 9 aromatic rings. The topological polar surface area (TPSA) is 47.9 Å². The lowest BCUT2D eigenvalue weighted by atomic mass is 9.88. The molecule has 0 fully saturated rings. The van der Waals surface area contributed by atoms with Crippen molar-refractivity contribution in [3.8, 4) is 39.9 Å². The summed E-state index contributed by atoms with van der Waals surface area (Å²) in [5.74, 6) is 2.93. The highest BCUT2D eigenvalue weighted by Gasteiger charge is 2.35. The number of benzene rings is 7. The molecule has 1 aliphatic carbocycles. The van der Waals surface area contributed by atoms with Crippen molar-refractivity contribution in [3.63, 3.8) is 0 Å². The maximum Gasteiger partial charge on any atom is 0.164 e. The van der Waals surface area contributed by atoms with Crippen LogP contribution in [0.3, 0.4) is 0 Å². The first-order chi connectivity index (χ1) is 24.7. The van der Waals surface area contributed by atoms with Gasteiger partial charge in [-0.05, 0) is 62.7 Å². The first kappa shape index (κ1) is 27.7. The molecule has 7 aromatic carbocycles. The summed E-state index contributed by atoms with van der Waals surface area (Å²) < 4.78 is 8.89. The lowest BCUT2D eigenvalue weighted by molar-refractivity contribution is 0.269. The molecular weight excluding hydrogens is 631 g/mol. The molecule has 11 rings (SSSR count). The molecular formula is C45H27N3OS. The number of hydrogen-bond acceptors (Lipinski definition) is 5. The molecule has 1 aliphatic heterocycles. The second-order valence-corrected chi connectivity index (χ2v) is 14.2. The molecule has 5 heteroatoms. The van der Waals surface area contributed by atoms with Crippen molar-refractivity contribution in [3.05, 3.63) is 157 Å². The molecule has 2 aliphatic rings. The van der Waals surface area contributed by atoms with Crippen molar-refractivity contribution in [2.24, 2.45) is 0 Å². The van der Waals surface area contributed by atoms with Crippen LogP contribution in [0.4, 0.5) is 0 Å². The fourth-order valence-electron chi connectivity index (χ4n) is 7.88. The minimum Gasteiger partial charge on any atom is -0.485 e. The van der Waals surface area contributed by atoms with E-state index in [0.717, 1.165) is 28.0 Å². The summed E-state index contributed by atoms with van der Waals surface area (Å²) in [5.41, 5.74) is 4.01. The molecule has 0 radical (unpaired) electrons. The van der Waals surface area contributed by atoms with E-state index in [2.05, 4.69) is 146 Å². The first-order valence-corrected chi connectivity index (χ1v) is 17.7. The number of ether oxygens (including phenoxy) is 1. The predicted molar refractivity (Wildman–Crippen MR) is 207 cm³/mol. The van der Waals surface area contributed by atoms with Crippen LogP contribution in [0.15, 0.2) is 152 Å². The zero-order valence-electron chi connectivity index (χ0n) is 26.7. The van der Waals surface area contributed by atoms with E-state index in [1.165, 1.54) is 52.5 Å². The number of nitrogens with zero attached hydrogens (tertiary/aromatic N) is 3. The molecule has 3 heterocycles. The summed E-state index contributed by atoms with van der Waals surface area (Å²) in [6, 6.07) is 45.4. The van der Waals surface area contributed by atoms with Gasteiger partial charge in [-0.1, -0.05) is 121 Å². The van der Waals surface area contributed by atoms with Gasteiger partial charge in [0.05, 0.1) is 0 Å². The average Bonchev–Trinajstić information content (AvgIpc) is 3.75. The molecule has 50 heavy (non-hydrogen) atoms. The molecule has 0 spiro atoms. The number of allylic oxidation sites excluding steroid dienone is 2. The Morgan fingerprint density at radius 2 is 1.18 bits per heavy atom. The van der Waals surface area contributed by atoms with Gasteiger partial charge in [0.1, 0.15) is 11.9 Å². The monoisotopic (exact) mass is 657 g/mol. The van der Waals surface area contributed by atoms with Gasteiger partial charge in [0, 0.05) is 48.3 Å². The summed E-state index contributed by atoms with van der Waals surface area (Å²) >= 11 is 1.80. The second kappa shape index (κ2) is 10.7. The highest BCUT2D eigenvalue weighted by molar-refractivity contribution is 7.25. The van der Waals surface area contributed by atoms with Crippen molar-refractivity contribution >= 4 is 63.8 Å². The van der Waals surface area contributed by atoms with Gasteiger partial charge in [0.25, 0.3) is 0 Å². The lowest BCUT2D eigenvalue weighted by Gasteiger charge is -2.16. The Morgan fingerprint density at radius 3 is 2.08 bits per heavy atom. The quantitative estimate of drug-likeness (QED) is 0.177. The number of thiophene rings is 1. The normalized spacial score (nSPS) is 16.4. The smallest absolute Gasteiger partial charge is 0.164 e. The summed E-state index contributed by atoms with van der Waals surface area (Å²) in [6.45, 7) is 0. The number of aromatic nitrogens is 3. The second-order valence-electron chi connectivity index (χ2n) is 13.1. The number of rotatable bonds is 3. The first-order valence-electron chi connectivity index (χ1n) is 16.9. The molecule has 0 saturated carbocycles. The summed E-state index contributed by atoms with van der Waals surface area (Å²) in [4.78, 5) is 15.7. The van der Waals surface area contributed by atoms with E-state index >= 15 is 0 Å². The molecule has 234 valence electrons. The molecule has 2 atom stereocenters. The van der Waals surface area contributed by atoms with Crippen molar-refractivity contribution in [2.75, 3.05) is 0 Å². The third kappa shape index (κ3) is 4.20. The Hall–Kier alpha value is -6.17. The van der Waals surface area contributed by atoms with Crippen molar-refractivity contribution in [1.82, 2.24) is 15.0 Å². The van der Waals surface area contributed by atoms with Gasteiger partial charge in [-0.25, -0.2) is 15.0 Å². The van der Waals surface area contributed by atoms with E-state index < -0.39 is 0 Å². The average molecular weight is 658 g/mol. The molecule has 0 saturated heterocycles. The SMILES string of the molecule is C1=CC2Oc3cccc(-c4nc(-c5ccc6c(c5)sc5ccccc56)nc(-c5ccc6ccc7ccc8ccccc8c7c6c5)n4)c3C2C=C1. The summed E-state index contributed by atoms with van der Waals surface area (Å²) in [7, 11) is 0. The van der Waals surface area contributed by atoms with Gasteiger partial charge in [-0.15, -0.1) is 11.3 Å². The van der Waals surface area contributed by atoms with Crippen LogP contribution < -0.4 is 4.74 Å². The number of hydrogen-bond donors (Lipinski definition) is 0. The van der Waals surface area contributed by atoms with Crippen LogP contribution in [0.1, 0.15) is 11.5 Å². The minimum absolute atomic E-state index is 0.0316. The van der Waals surface area contributed by atoms with Gasteiger partial charge in [-0.2, -0.15) is 0 Å². The van der Waals surface area contributed by atoms with E-state index in [1.807, 2.05) is 6.07 Å². The van der Waals surface area contributed by atoms with Crippen LogP contribution in [-0.4, -0.2) is 21.1 Å². The van der Waals surface area contributed by atoms with Crippen LogP contribution in [0.5, 0.6) is 5.75 Å². The molecule has 0 bridgehead atoms. The van der Waals surface area contributed by atoms with Crippen molar-refractivity contribution < 1.29 is 4.74 Å². The van der Waals surface area contributed by atoms with Gasteiger partial charge in [0.15, 0.2) is 17.5 Å². The van der Waals surface area contributed by atoms with E-state index in [0.29, 0.717) is 17.5 Å². The standard InChI is InChI=1S/C45H27N3OS/c1-2-9-31-26(8-1)16-19-28-20-17-27-18-21-29(24-36(27)41(28)31)43-46-44(30-22-23-33-32-10-4-6-15-39(32)50-40(33)25-30)48-45(47-43)35-12-7-14-38-42(35)34-11-3-5-13-37(34)49-38/h1-25,34,37H. The highest BCUT2D eigenvalue weighted by atomic mass is 32.1. The fourth-order valence-corrected chi connectivity index (χ4v) is 9.02. The third-order valence-electron chi connectivity index (χ3n) is 10.2. The zero-order chi connectivity index (χ0) is 32.8. The van der Waals surface area contributed by atoms with Gasteiger partial charge in [0.2, 0.25) is 0 Å². The van der Waals surface area contributed by atoms with Gasteiger partial charge < -0.3 is 4.74 Å². The van der Waals surface area contributed by atoms with E-state index in [-0.39, 0.29) is 12.0 Å². The summed E-state index contributed by atoms with van der Waals surface area (Å²) in [6.07, 6.45) is 8.47. The molecule has 2 aromatic heterocycles. The number of fused-ring (bicyclic) bond motifs is 11. The largest absolute Gasteiger partial charge is 0.485 e. The van der Waals surface area contributed by atoms with Crippen LogP contribution in [0, 0.1) is 0 Å². The Kier molecular flexibility index (Phi) is 5.92. The van der Waals surface area contributed by atoms with Crippen LogP contribution in [0.2, 0.25) is 0 Å². The molecule has 4 nitrogen and oxygen atoms in total. The highest BCUT2D eigenvalue weighted by Crippen LogP contribution is 2.46. The summed E-state index contributed by atoms with van der Waals surface area (Å²) in [5, 5.41) is 9.82. The maximum atomic E-state index is 6.40. The van der Waals surface area contributed by atoms with Crippen LogP contribution >= 0.6 is 11.3 Å². The fraction of sp³-hybridized carbons (Fsp3) is 0.0444. The zero-order valence-corrected chi connectivity index (χ0v) is 27.6. The van der Waals surface area contributed by atoms with Crippen LogP contribution in [0.25, 0.3) is 86.7 Å². The van der Waals surface area contributed by atoms with Crippen molar-refractivity contribution in [2.45, 2.75) is 12.0 Å². The van der Waals surface area contributed by atoms with Crippen molar-refractivity contribution in [1.29, 1.82) is 0 Å². The van der Waals surface area contributed by atoms with E-state index in [9.17, 15) is 0 Å².